The molecule has 2 aromatic carbocycles. The van der Waals surface area contributed by atoms with Crippen LogP contribution in [0.2, 0.25) is 0 Å². The molecule has 0 fully saturated rings. The molecule has 0 spiro atoms. The average Bonchev–Trinajstić information content (AvgIpc) is 2.32. The van der Waals surface area contributed by atoms with Crippen LogP contribution in [0.3, 0.4) is 0 Å². The molecular formula is C13H10Br3N. The Labute approximate surface area is 126 Å². The molecule has 0 aromatic heterocycles. The van der Waals surface area contributed by atoms with E-state index in [0.717, 1.165) is 25.7 Å². The first-order chi connectivity index (χ1) is 8.16. The van der Waals surface area contributed by atoms with Crippen LogP contribution >= 0.6 is 47.8 Å². The van der Waals surface area contributed by atoms with Crippen LogP contribution < -0.4 is 5.32 Å². The maximum absolute atomic E-state index is 3.52. The van der Waals surface area contributed by atoms with Gasteiger partial charge in [-0.1, -0.05) is 18.2 Å². The maximum Gasteiger partial charge on any atom is 0.0487 e. The lowest BCUT2D eigenvalue weighted by Gasteiger charge is -2.09. The van der Waals surface area contributed by atoms with Gasteiger partial charge in [0, 0.05) is 25.7 Å². The van der Waals surface area contributed by atoms with Crippen molar-refractivity contribution in [3.05, 3.63) is 61.4 Å². The van der Waals surface area contributed by atoms with Gasteiger partial charge in [-0.25, -0.2) is 0 Å². The summed E-state index contributed by atoms with van der Waals surface area (Å²) >= 11 is 10.5. The molecule has 0 atom stereocenters. The first-order valence-corrected chi connectivity index (χ1v) is 7.47. The lowest BCUT2D eigenvalue weighted by atomic mass is 10.2. The van der Waals surface area contributed by atoms with Gasteiger partial charge in [-0.05, 0) is 77.6 Å². The zero-order chi connectivity index (χ0) is 12.3. The van der Waals surface area contributed by atoms with Gasteiger partial charge in [0.1, 0.15) is 0 Å². The number of benzene rings is 2. The average molecular weight is 420 g/mol. The maximum atomic E-state index is 3.52. The molecule has 0 aliphatic carbocycles. The monoisotopic (exact) mass is 417 g/mol. The van der Waals surface area contributed by atoms with Crippen molar-refractivity contribution >= 4 is 53.5 Å². The van der Waals surface area contributed by atoms with Gasteiger partial charge in [-0.15, -0.1) is 0 Å². The smallest absolute Gasteiger partial charge is 0.0487 e. The molecule has 1 N–H and O–H groups in total. The Hall–Kier alpha value is -0.320. The standard InChI is InChI=1S/C13H10Br3N/c14-10-6-5-9(7-12(10)16)8-17-13-4-2-1-3-11(13)15/h1-7,17H,8H2. The molecule has 0 heterocycles. The Balaban J connectivity index is 2.08. The van der Waals surface area contributed by atoms with E-state index in [1.54, 1.807) is 0 Å². The molecule has 88 valence electrons. The molecule has 1 nitrogen and oxygen atoms in total. The lowest BCUT2D eigenvalue weighted by molar-refractivity contribution is 1.14. The van der Waals surface area contributed by atoms with Gasteiger partial charge in [0.15, 0.2) is 0 Å². The molecule has 0 bridgehead atoms. The van der Waals surface area contributed by atoms with E-state index in [1.807, 2.05) is 24.3 Å². The number of anilines is 1. The normalized spacial score (nSPS) is 10.3. The predicted molar refractivity (Wildman–Crippen MR) is 83.3 cm³/mol. The van der Waals surface area contributed by atoms with Crippen molar-refractivity contribution in [2.24, 2.45) is 0 Å². The second-order valence-electron chi connectivity index (χ2n) is 3.58. The topological polar surface area (TPSA) is 12.0 Å². The Bertz CT molecular complexity index is 526. The number of hydrogen-bond acceptors (Lipinski definition) is 1. The van der Waals surface area contributed by atoms with E-state index in [9.17, 15) is 0 Å². The summed E-state index contributed by atoms with van der Waals surface area (Å²) in [5.41, 5.74) is 2.34. The fourth-order valence-electron chi connectivity index (χ4n) is 1.45. The van der Waals surface area contributed by atoms with Crippen LogP contribution in [0, 0.1) is 0 Å². The van der Waals surface area contributed by atoms with E-state index in [1.165, 1.54) is 5.56 Å². The third-order valence-corrected chi connectivity index (χ3v) is 4.91. The van der Waals surface area contributed by atoms with Crippen LogP contribution in [0.4, 0.5) is 5.69 Å². The Morgan fingerprint density at radius 3 is 2.29 bits per heavy atom. The van der Waals surface area contributed by atoms with Gasteiger partial charge in [0.2, 0.25) is 0 Å². The molecule has 4 heteroatoms. The van der Waals surface area contributed by atoms with Crippen LogP contribution in [0.25, 0.3) is 0 Å². The summed E-state index contributed by atoms with van der Waals surface area (Å²) in [5.74, 6) is 0. The number of rotatable bonds is 3. The molecule has 2 aromatic rings. The summed E-state index contributed by atoms with van der Waals surface area (Å²) in [7, 11) is 0. The minimum Gasteiger partial charge on any atom is -0.380 e. The molecule has 0 radical (unpaired) electrons. The van der Waals surface area contributed by atoms with Gasteiger partial charge in [0.05, 0.1) is 0 Å². The van der Waals surface area contributed by atoms with Gasteiger partial charge < -0.3 is 5.32 Å². The van der Waals surface area contributed by atoms with Crippen LogP contribution in [-0.2, 0) is 6.54 Å². The third kappa shape index (κ3) is 3.57. The molecule has 0 unspecified atom stereocenters. The summed E-state index contributed by atoms with van der Waals surface area (Å²) < 4.78 is 3.22. The van der Waals surface area contributed by atoms with E-state index in [4.69, 9.17) is 0 Å². The number of nitrogens with one attached hydrogen (secondary N) is 1. The third-order valence-electron chi connectivity index (χ3n) is 2.34. The van der Waals surface area contributed by atoms with Gasteiger partial charge >= 0.3 is 0 Å². The summed E-state index contributed by atoms with van der Waals surface area (Å²) in [6, 6.07) is 14.3. The highest BCUT2D eigenvalue weighted by molar-refractivity contribution is 9.13. The van der Waals surface area contributed by atoms with E-state index < -0.39 is 0 Å². The van der Waals surface area contributed by atoms with Crippen molar-refractivity contribution in [2.45, 2.75) is 6.54 Å². The van der Waals surface area contributed by atoms with Gasteiger partial charge in [-0.2, -0.15) is 0 Å². The second kappa shape index (κ2) is 6.03. The Kier molecular flexibility index (Phi) is 4.65. The summed E-state index contributed by atoms with van der Waals surface area (Å²) in [6.07, 6.45) is 0. The summed E-state index contributed by atoms with van der Waals surface area (Å²) in [6.45, 7) is 0.800. The first kappa shape index (κ1) is 13.1. The zero-order valence-corrected chi connectivity index (χ0v) is 13.6. The number of para-hydroxylation sites is 1. The first-order valence-electron chi connectivity index (χ1n) is 5.09. The molecule has 0 aliphatic rings. The largest absolute Gasteiger partial charge is 0.380 e. The highest BCUT2D eigenvalue weighted by Gasteiger charge is 2.00. The van der Waals surface area contributed by atoms with E-state index in [2.05, 4.69) is 71.3 Å². The Morgan fingerprint density at radius 1 is 0.824 bits per heavy atom. The van der Waals surface area contributed by atoms with Gasteiger partial charge in [-0.3, -0.25) is 0 Å². The Morgan fingerprint density at radius 2 is 1.59 bits per heavy atom. The van der Waals surface area contributed by atoms with Crippen LogP contribution in [0.15, 0.2) is 55.9 Å². The van der Waals surface area contributed by atoms with Crippen molar-refractivity contribution < 1.29 is 0 Å². The van der Waals surface area contributed by atoms with Crippen molar-refractivity contribution in [2.75, 3.05) is 5.32 Å². The minimum atomic E-state index is 0.800. The zero-order valence-electron chi connectivity index (χ0n) is 8.88. The highest BCUT2D eigenvalue weighted by Crippen LogP contribution is 2.25. The number of halogens is 3. The van der Waals surface area contributed by atoms with Crippen LogP contribution in [-0.4, -0.2) is 0 Å². The fourth-order valence-corrected chi connectivity index (χ4v) is 2.55. The van der Waals surface area contributed by atoms with Crippen LogP contribution in [0.5, 0.6) is 0 Å². The lowest BCUT2D eigenvalue weighted by Crippen LogP contribution is -1.99. The van der Waals surface area contributed by atoms with E-state index >= 15 is 0 Å². The van der Waals surface area contributed by atoms with Gasteiger partial charge in [0.25, 0.3) is 0 Å². The van der Waals surface area contributed by atoms with E-state index in [-0.39, 0.29) is 0 Å². The summed E-state index contributed by atoms with van der Waals surface area (Å²) in [5, 5.41) is 3.39. The molecule has 17 heavy (non-hydrogen) atoms. The molecule has 0 amide bonds. The molecule has 0 aliphatic heterocycles. The highest BCUT2D eigenvalue weighted by atomic mass is 79.9. The quantitative estimate of drug-likeness (QED) is 0.684. The number of hydrogen-bond donors (Lipinski definition) is 1. The van der Waals surface area contributed by atoms with E-state index in [0.29, 0.717) is 0 Å². The molecule has 0 saturated carbocycles. The van der Waals surface area contributed by atoms with Crippen molar-refractivity contribution in [1.29, 1.82) is 0 Å². The molecule has 2 rings (SSSR count). The fraction of sp³-hybridized carbons (Fsp3) is 0.0769. The van der Waals surface area contributed by atoms with Crippen molar-refractivity contribution in [1.82, 2.24) is 0 Å². The molecular weight excluding hydrogens is 410 g/mol. The van der Waals surface area contributed by atoms with Crippen molar-refractivity contribution in [3.8, 4) is 0 Å². The summed E-state index contributed by atoms with van der Waals surface area (Å²) in [4.78, 5) is 0. The van der Waals surface area contributed by atoms with Crippen molar-refractivity contribution in [3.63, 3.8) is 0 Å². The minimum absolute atomic E-state index is 0.800. The predicted octanol–water partition coefficient (Wildman–Crippen LogP) is 5.59. The van der Waals surface area contributed by atoms with Crippen LogP contribution in [0.1, 0.15) is 5.56 Å². The SMILES string of the molecule is Brc1ccc(CNc2ccccc2Br)cc1Br. The molecule has 0 saturated heterocycles. The second-order valence-corrected chi connectivity index (χ2v) is 6.14.